The minimum absolute atomic E-state index is 0.231. The molecule has 1 unspecified atom stereocenters. The molecular formula is C26H22O5S. The molecule has 1 atom stereocenters. The number of aryl methyl sites for hydroxylation is 2. The molecule has 32 heavy (non-hydrogen) atoms. The maximum absolute atomic E-state index is 13.7. The van der Waals surface area contributed by atoms with Gasteiger partial charge in [-0.15, -0.1) is 0 Å². The van der Waals surface area contributed by atoms with Crippen LogP contribution in [0.15, 0.2) is 80.8 Å². The third-order valence-corrected chi connectivity index (χ3v) is 7.69. The molecule has 1 aliphatic heterocycles. The Hall–Kier alpha value is -3.38. The number of benzene rings is 3. The van der Waals surface area contributed by atoms with Gasteiger partial charge in [0.25, 0.3) is 0 Å². The lowest BCUT2D eigenvalue weighted by molar-refractivity contribution is 0.337. The average Bonchev–Trinajstić information content (AvgIpc) is 3.14. The first kappa shape index (κ1) is 20.5. The van der Waals surface area contributed by atoms with Gasteiger partial charge in [-0.2, -0.15) is 0 Å². The van der Waals surface area contributed by atoms with Gasteiger partial charge >= 0.3 is 5.63 Å². The molecule has 3 aromatic carbocycles. The van der Waals surface area contributed by atoms with Crippen LogP contribution < -0.4 is 10.4 Å². The molecule has 0 N–H and O–H groups in total. The molecule has 2 heterocycles. The second-order valence-corrected chi connectivity index (χ2v) is 10.3. The fourth-order valence-electron chi connectivity index (χ4n) is 4.35. The van der Waals surface area contributed by atoms with Crippen LogP contribution in [-0.4, -0.2) is 20.8 Å². The zero-order chi connectivity index (χ0) is 22.5. The van der Waals surface area contributed by atoms with Crippen molar-refractivity contribution >= 4 is 20.8 Å². The maximum atomic E-state index is 13.7. The topological polar surface area (TPSA) is 73.6 Å². The molecule has 0 amide bonds. The van der Waals surface area contributed by atoms with Gasteiger partial charge in [0.15, 0.2) is 14.7 Å². The highest BCUT2D eigenvalue weighted by Gasteiger charge is 2.34. The first-order valence-corrected chi connectivity index (χ1v) is 12.1. The normalized spacial score (nSPS) is 15.5. The van der Waals surface area contributed by atoms with Crippen molar-refractivity contribution in [1.29, 1.82) is 0 Å². The standard InChI is InChI=1S/C26H22O5S/c1-16-9-11-22-21(12-16)19(14-30-22)15-32(28,29)25-24(18-6-4-3-5-7-18)20-10-8-17(2)13-23(20)31-26(25)27/h3-13,19H,14-15H2,1-2H3. The summed E-state index contributed by atoms with van der Waals surface area (Å²) in [7, 11) is -4.00. The van der Waals surface area contributed by atoms with Gasteiger partial charge < -0.3 is 9.15 Å². The van der Waals surface area contributed by atoms with Crippen molar-refractivity contribution in [3.63, 3.8) is 0 Å². The van der Waals surface area contributed by atoms with E-state index < -0.39 is 15.5 Å². The quantitative estimate of drug-likeness (QED) is 0.411. The van der Waals surface area contributed by atoms with Crippen LogP contribution in [0.4, 0.5) is 0 Å². The fraction of sp³-hybridized carbons (Fsp3) is 0.192. The molecule has 0 radical (unpaired) electrons. The van der Waals surface area contributed by atoms with Crippen LogP contribution in [0.5, 0.6) is 5.75 Å². The van der Waals surface area contributed by atoms with Crippen molar-refractivity contribution < 1.29 is 17.6 Å². The lowest BCUT2D eigenvalue weighted by Crippen LogP contribution is -2.23. The Morgan fingerprint density at radius 3 is 2.44 bits per heavy atom. The number of hydrogen-bond donors (Lipinski definition) is 0. The van der Waals surface area contributed by atoms with Gasteiger partial charge in [-0.3, -0.25) is 0 Å². The van der Waals surface area contributed by atoms with E-state index in [0.29, 0.717) is 27.8 Å². The summed E-state index contributed by atoms with van der Waals surface area (Å²) in [6.45, 7) is 4.11. The molecule has 4 aromatic rings. The smallest absolute Gasteiger partial charge is 0.355 e. The highest BCUT2D eigenvalue weighted by molar-refractivity contribution is 7.91. The van der Waals surface area contributed by atoms with Crippen LogP contribution in [-0.2, 0) is 9.84 Å². The van der Waals surface area contributed by atoms with Gasteiger partial charge in [0.05, 0.1) is 12.4 Å². The molecule has 6 heteroatoms. The third-order valence-electron chi connectivity index (χ3n) is 5.86. The molecule has 0 saturated carbocycles. The molecule has 0 bridgehead atoms. The Morgan fingerprint density at radius 1 is 0.938 bits per heavy atom. The van der Waals surface area contributed by atoms with Gasteiger partial charge in [-0.25, -0.2) is 13.2 Å². The van der Waals surface area contributed by atoms with Crippen LogP contribution in [0.2, 0.25) is 0 Å². The number of ether oxygens (including phenoxy) is 1. The van der Waals surface area contributed by atoms with Crippen LogP contribution >= 0.6 is 0 Å². The van der Waals surface area contributed by atoms with Gasteiger partial charge in [-0.1, -0.05) is 60.2 Å². The van der Waals surface area contributed by atoms with E-state index >= 15 is 0 Å². The molecule has 0 fully saturated rings. The van der Waals surface area contributed by atoms with Gasteiger partial charge in [0.1, 0.15) is 11.3 Å². The van der Waals surface area contributed by atoms with Gasteiger partial charge in [0, 0.05) is 22.4 Å². The molecule has 0 saturated heterocycles. The summed E-state index contributed by atoms with van der Waals surface area (Å²) in [5.74, 6) is 0.109. The van der Waals surface area contributed by atoms with Crippen molar-refractivity contribution in [2.45, 2.75) is 24.7 Å². The van der Waals surface area contributed by atoms with Crippen molar-refractivity contribution in [2.24, 2.45) is 0 Å². The predicted molar refractivity (Wildman–Crippen MR) is 124 cm³/mol. The molecule has 162 valence electrons. The largest absolute Gasteiger partial charge is 0.493 e. The first-order valence-electron chi connectivity index (χ1n) is 10.4. The maximum Gasteiger partial charge on any atom is 0.355 e. The summed E-state index contributed by atoms with van der Waals surface area (Å²) in [5.41, 5.74) is 3.39. The van der Waals surface area contributed by atoms with E-state index in [1.54, 1.807) is 6.07 Å². The van der Waals surface area contributed by atoms with Gasteiger partial charge in [0.2, 0.25) is 0 Å². The third kappa shape index (κ3) is 3.50. The van der Waals surface area contributed by atoms with Crippen LogP contribution in [0.3, 0.4) is 0 Å². The number of sulfone groups is 1. The molecule has 5 rings (SSSR count). The molecule has 5 nitrogen and oxygen atoms in total. The predicted octanol–water partition coefficient (Wildman–Crippen LogP) is 5.03. The van der Waals surface area contributed by atoms with E-state index in [0.717, 1.165) is 16.7 Å². The molecule has 0 aliphatic carbocycles. The summed E-state index contributed by atoms with van der Waals surface area (Å²) >= 11 is 0. The monoisotopic (exact) mass is 446 g/mol. The molecular weight excluding hydrogens is 424 g/mol. The number of hydrogen-bond acceptors (Lipinski definition) is 5. The highest BCUT2D eigenvalue weighted by atomic mass is 32.2. The Bertz CT molecular complexity index is 1500. The van der Waals surface area contributed by atoms with Crippen molar-refractivity contribution in [1.82, 2.24) is 0 Å². The second-order valence-electron chi connectivity index (χ2n) is 8.29. The highest BCUT2D eigenvalue weighted by Crippen LogP contribution is 2.38. The summed E-state index contributed by atoms with van der Waals surface area (Å²) in [5, 5.41) is 0.596. The average molecular weight is 447 g/mol. The fourth-order valence-corrected chi connectivity index (χ4v) is 6.16. The van der Waals surface area contributed by atoms with Crippen LogP contribution in [0.1, 0.15) is 22.6 Å². The van der Waals surface area contributed by atoms with Crippen LogP contribution in [0, 0.1) is 13.8 Å². The zero-order valence-electron chi connectivity index (χ0n) is 17.8. The van der Waals surface area contributed by atoms with Crippen LogP contribution in [0.25, 0.3) is 22.1 Å². The van der Waals surface area contributed by atoms with Crippen molar-refractivity contribution in [3.05, 3.63) is 93.8 Å². The van der Waals surface area contributed by atoms with E-state index in [-0.39, 0.29) is 23.2 Å². The molecule has 0 spiro atoms. The first-order chi connectivity index (χ1) is 15.3. The van der Waals surface area contributed by atoms with E-state index in [1.165, 1.54) is 0 Å². The lowest BCUT2D eigenvalue weighted by Gasteiger charge is -2.15. The Morgan fingerprint density at radius 2 is 1.66 bits per heavy atom. The van der Waals surface area contributed by atoms with Crippen molar-refractivity contribution in [3.8, 4) is 16.9 Å². The SMILES string of the molecule is Cc1ccc2c(c1)C(CS(=O)(=O)c1c(-c3ccccc3)c3ccc(C)cc3oc1=O)CO2. The Labute approximate surface area is 186 Å². The summed E-state index contributed by atoms with van der Waals surface area (Å²) in [4.78, 5) is 12.8. The Balaban J connectivity index is 1.71. The second kappa shape index (κ2) is 7.64. The summed E-state index contributed by atoms with van der Waals surface area (Å²) in [6, 6.07) is 20.3. The lowest BCUT2D eigenvalue weighted by atomic mass is 10.0. The minimum atomic E-state index is -4.00. The van der Waals surface area contributed by atoms with E-state index in [9.17, 15) is 13.2 Å². The summed E-state index contributed by atoms with van der Waals surface area (Å²) < 4.78 is 38.6. The Kier molecular flexibility index (Phi) is 4.90. The zero-order valence-corrected chi connectivity index (χ0v) is 18.6. The van der Waals surface area contributed by atoms with Gasteiger partial charge in [-0.05, 0) is 37.1 Å². The number of fused-ring (bicyclic) bond motifs is 2. The molecule has 1 aromatic heterocycles. The minimum Gasteiger partial charge on any atom is -0.493 e. The van der Waals surface area contributed by atoms with E-state index in [2.05, 4.69) is 0 Å². The number of rotatable bonds is 4. The van der Waals surface area contributed by atoms with E-state index in [4.69, 9.17) is 9.15 Å². The molecule has 1 aliphatic rings. The van der Waals surface area contributed by atoms with E-state index in [1.807, 2.05) is 74.5 Å². The summed E-state index contributed by atoms with van der Waals surface area (Å²) in [6.07, 6.45) is 0. The van der Waals surface area contributed by atoms with Crippen molar-refractivity contribution in [2.75, 3.05) is 12.4 Å².